The molecule has 2 atom stereocenters. The van der Waals surface area contributed by atoms with Crippen LogP contribution in [-0.4, -0.2) is 52.1 Å². The summed E-state index contributed by atoms with van der Waals surface area (Å²) in [4.78, 5) is 14.3. The summed E-state index contributed by atoms with van der Waals surface area (Å²) in [6.07, 6.45) is 0.171. The molecule has 2 heterocycles. The van der Waals surface area contributed by atoms with Crippen molar-refractivity contribution in [1.29, 1.82) is 0 Å². The molecule has 1 N–H and O–H groups in total. The number of anilines is 2. The van der Waals surface area contributed by atoms with Gasteiger partial charge >= 0.3 is 0 Å². The first-order valence-electron chi connectivity index (χ1n) is 9.17. The average Bonchev–Trinajstić information content (AvgIpc) is 3.06. The number of thioether (sulfide) groups is 1. The molecular formula is C19H26N4O2S2. The summed E-state index contributed by atoms with van der Waals surface area (Å²) in [6.45, 7) is 9.66. The number of morpholine rings is 1. The van der Waals surface area contributed by atoms with E-state index in [0.29, 0.717) is 24.8 Å². The lowest BCUT2D eigenvalue weighted by Crippen LogP contribution is -2.48. The van der Waals surface area contributed by atoms with E-state index < -0.39 is 0 Å². The quantitative estimate of drug-likeness (QED) is 0.728. The molecule has 1 aromatic heterocycles. The standard InChI is InChI=1S/C19H26N4O2S2/c1-12(2)15-5-7-16(8-6-15)20-18-21-22-19(27-18)26-11-17(24)23-9-13(3)25-14(4)10-23/h5-8,12-14H,9-11H2,1-4H3,(H,20,21)/t13-,14-/m0/s1. The van der Waals surface area contributed by atoms with Gasteiger partial charge in [0, 0.05) is 18.8 Å². The van der Waals surface area contributed by atoms with Crippen LogP contribution in [0.1, 0.15) is 39.2 Å². The lowest BCUT2D eigenvalue weighted by atomic mass is 10.0. The molecule has 8 heteroatoms. The Kier molecular flexibility index (Phi) is 6.73. The maximum Gasteiger partial charge on any atom is 0.233 e. The van der Waals surface area contributed by atoms with Crippen LogP contribution < -0.4 is 5.32 Å². The van der Waals surface area contributed by atoms with Gasteiger partial charge in [0.15, 0.2) is 4.34 Å². The average molecular weight is 407 g/mol. The van der Waals surface area contributed by atoms with Crippen LogP contribution >= 0.6 is 23.1 Å². The number of carbonyl (C=O) groups is 1. The van der Waals surface area contributed by atoms with Gasteiger partial charge in [0.25, 0.3) is 0 Å². The number of carbonyl (C=O) groups excluding carboxylic acids is 1. The third kappa shape index (κ3) is 5.67. The summed E-state index contributed by atoms with van der Waals surface area (Å²) < 4.78 is 6.47. The molecule has 1 amide bonds. The molecule has 1 aliphatic heterocycles. The number of hydrogen-bond donors (Lipinski definition) is 1. The fraction of sp³-hybridized carbons (Fsp3) is 0.526. The number of rotatable bonds is 6. The second-order valence-corrected chi connectivity index (χ2v) is 9.32. The summed E-state index contributed by atoms with van der Waals surface area (Å²) in [7, 11) is 0. The van der Waals surface area contributed by atoms with E-state index in [4.69, 9.17) is 4.74 Å². The summed E-state index contributed by atoms with van der Waals surface area (Å²) in [5.41, 5.74) is 2.29. The van der Waals surface area contributed by atoms with E-state index in [2.05, 4.69) is 41.5 Å². The molecule has 0 spiro atoms. The van der Waals surface area contributed by atoms with Gasteiger partial charge in [-0.05, 0) is 37.5 Å². The Balaban J connectivity index is 1.51. The van der Waals surface area contributed by atoms with Crippen molar-refractivity contribution < 1.29 is 9.53 Å². The summed E-state index contributed by atoms with van der Waals surface area (Å²) in [6, 6.07) is 8.33. The van der Waals surface area contributed by atoms with Crippen LogP contribution in [0.3, 0.4) is 0 Å². The van der Waals surface area contributed by atoms with Crippen molar-refractivity contribution in [1.82, 2.24) is 15.1 Å². The molecule has 27 heavy (non-hydrogen) atoms. The minimum absolute atomic E-state index is 0.0853. The van der Waals surface area contributed by atoms with Gasteiger partial charge in [-0.25, -0.2) is 0 Å². The molecule has 0 saturated carbocycles. The molecule has 2 aromatic rings. The Morgan fingerprint density at radius 3 is 2.56 bits per heavy atom. The van der Waals surface area contributed by atoms with Crippen molar-refractivity contribution in [2.75, 3.05) is 24.2 Å². The summed E-state index contributed by atoms with van der Waals surface area (Å²) in [5, 5.41) is 12.4. The van der Waals surface area contributed by atoms with E-state index in [-0.39, 0.29) is 18.1 Å². The van der Waals surface area contributed by atoms with E-state index in [1.165, 1.54) is 28.7 Å². The molecule has 1 saturated heterocycles. The maximum atomic E-state index is 12.4. The summed E-state index contributed by atoms with van der Waals surface area (Å²) >= 11 is 2.90. The highest BCUT2D eigenvalue weighted by molar-refractivity contribution is 8.01. The lowest BCUT2D eigenvalue weighted by Gasteiger charge is -2.35. The number of nitrogens with one attached hydrogen (secondary N) is 1. The van der Waals surface area contributed by atoms with E-state index in [1.54, 1.807) is 0 Å². The van der Waals surface area contributed by atoms with Gasteiger partial charge in [-0.3, -0.25) is 4.79 Å². The first-order chi connectivity index (χ1) is 12.9. The second-order valence-electron chi connectivity index (χ2n) is 7.12. The highest BCUT2D eigenvalue weighted by Gasteiger charge is 2.25. The van der Waals surface area contributed by atoms with Crippen LogP contribution in [0, 0.1) is 0 Å². The minimum atomic E-state index is 0.0853. The van der Waals surface area contributed by atoms with Crippen LogP contribution in [0.2, 0.25) is 0 Å². The van der Waals surface area contributed by atoms with Gasteiger partial charge in [0.1, 0.15) is 0 Å². The number of nitrogens with zero attached hydrogens (tertiary/aromatic N) is 3. The Morgan fingerprint density at radius 2 is 1.93 bits per heavy atom. The number of ether oxygens (including phenoxy) is 1. The third-order valence-electron chi connectivity index (χ3n) is 4.33. The SMILES string of the molecule is CC(C)c1ccc(Nc2nnc(SCC(=O)N3C[C@H](C)O[C@@H](C)C3)s2)cc1. The van der Waals surface area contributed by atoms with Gasteiger partial charge < -0.3 is 15.0 Å². The molecule has 0 aliphatic carbocycles. The normalized spacial score (nSPS) is 20.1. The molecule has 0 radical (unpaired) electrons. The maximum absolute atomic E-state index is 12.4. The fourth-order valence-electron chi connectivity index (χ4n) is 2.99. The topological polar surface area (TPSA) is 67.4 Å². The van der Waals surface area contributed by atoms with Crippen LogP contribution in [0.15, 0.2) is 28.6 Å². The molecule has 0 bridgehead atoms. The van der Waals surface area contributed by atoms with Crippen LogP contribution in [-0.2, 0) is 9.53 Å². The van der Waals surface area contributed by atoms with Crippen molar-refractivity contribution in [2.24, 2.45) is 0 Å². The van der Waals surface area contributed by atoms with Crippen molar-refractivity contribution in [2.45, 2.75) is 50.2 Å². The molecule has 1 aliphatic rings. The smallest absolute Gasteiger partial charge is 0.233 e. The van der Waals surface area contributed by atoms with Crippen molar-refractivity contribution in [3.63, 3.8) is 0 Å². The minimum Gasteiger partial charge on any atom is -0.372 e. The van der Waals surface area contributed by atoms with E-state index >= 15 is 0 Å². The van der Waals surface area contributed by atoms with E-state index in [0.717, 1.165) is 15.2 Å². The van der Waals surface area contributed by atoms with Crippen LogP contribution in [0.4, 0.5) is 10.8 Å². The van der Waals surface area contributed by atoms with Gasteiger partial charge in [-0.15, -0.1) is 10.2 Å². The molecule has 6 nitrogen and oxygen atoms in total. The zero-order chi connectivity index (χ0) is 19.4. The lowest BCUT2D eigenvalue weighted by molar-refractivity contribution is -0.140. The molecule has 1 aromatic carbocycles. The van der Waals surface area contributed by atoms with Crippen molar-refractivity contribution in [3.8, 4) is 0 Å². The van der Waals surface area contributed by atoms with Gasteiger partial charge in [-0.2, -0.15) is 0 Å². The van der Waals surface area contributed by atoms with E-state index in [1.807, 2.05) is 30.9 Å². The van der Waals surface area contributed by atoms with Gasteiger partial charge in [0.2, 0.25) is 11.0 Å². The number of hydrogen-bond acceptors (Lipinski definition) is 7. The van der Waals surface area contributed by atoms with Crippen molar-refractivity contribution >= 4 is 39.8 Å². The van der Waals surface area contributed by atoms with E-state index in [9.17, 15) is 4.79 Å². The Morgan fingerprint density at radius 1 is 1.26 bits per heavy atom. The largest absolute Gasteiger partial charge is 0.372 e. The Bertz CT molecular complexity index is 753. The molecule has 146 valence electrons. The Hall–Kier alpha value is -1.64. The number of amides is 1. The number of benzene rings is 1. The third-order valence-corrected chi connectivity index (χ3v) is 6.28. The zero-order valence-electron chi connectivity index (χ0n) is 16.1. The summed E-state index contributed by atoms with van der Waals surface area (Å²) in [5.74, 6) is 1.01. The van der Waals surface area contributed by atoms with Crippen LogP contribution in [0.5, 0.6) is 0 Å². The highest BCUT2D eigenvalue weighted by atomic mass is 32.2. The van der Waals surface area contributed by atoms with Gasteiger partial charge in [-0.1, -0.05) is 49.1 Å². The predicted octanol–water partition coefficient (Wildman–Crippen LogP) is 4.13. The first-order valence-corrected chi connectivity index (χ1v) is 11.0. The predicted molar refractivity (Wildman–Crippen MR) is 111 cm³/mol. The highest BCUT2D eigenvalue weighted by Crippen LogP contribution is 2.28. The molecule has 1 fully saturated rings. The van der Waals surface area contributed by atoms with Crippen molar-refractivity contribution in [3.05, 3.63) is 29.8 Å². The fourth-order valence-corrected chi connectivity index (χ4v) is 4.66. The molecule has 0 unspecified atom stereocenters. The number of aromatic nitrogens is 2. The van der Waals surface area contributed by atoms with Gasteiger partial charge in [0.05, 0.1) is 18.0 Å². The zero-order valence-corrected chi connectivity index (χ0v) is 17.8. The Labute approximate surface area is 168 Å². The molecule has 3 rings (SSSR count). The second kappa shape index (κ2) is 9.03. The first kappa shape index (κ1) is 20.1. The molecular weight excluding hydrogens is 380 g/mol. The van der Waals surface area contributed by atoms with Crippen LogP contribution in [0.25, 0.3) is 0 Å². The monoisotopic (exact) mass is 406 g/mol.